The summed E-state index contributed by atoms with van der Waals surface area (Å²) >= 11 is 3.58. The fraction of sp³-hybridized carbons (Fsp3) is 0.538. The van der Waals surface area contributed by atoms with Crippen molar-refractivity contribution in [1.82, 2.24) is 0 Å². The maximum atomic E-state index is 5.76. The van der Waals surface area contributed by atoms with E-state index in [1.165, 1.54) is 5.69 Å². The normalized spacial score (nSPS) is 11.2. The zero-order chi connectivity index (χ0) is 12.3. The van der Waals surface area contributed by atoms with Gasteiger partial charge < -0.3 is 10.6 Å². The number of nitrogens with two attached hydrogens (primary N) is 1. The number of nitrogen functional groups attached to an aromatic ring is 1. The molecule has 3 heteroatoms. The van der Waals surface area contributed by atoms with Gasteiger partial charge in [-0.2, -0.15) is 0 Å². The van der Waals surface area contributed by atoms with Crippen LogP contribution in [0.3, 0.4) is 0 Å². The molecule has 2 nitrogen and oxygen atoms in total. The monoisotopic (exact) mass is 284 g/mol. The Labute approximate surface area is 107 Å². The molecule has 0 unspecified atom stereocenters. The number of benzene rings is 1. The van der Waals surface area contributed by atoms with Gasteiger partial charge in [-0.25, -0.2) is 0 Å². The number of rotatable bonds is 4. The van der Waals surface area contributed by atoms with E-state index in [1.807, 2.05) is 12.1 Å². The molecule has 0 bridgehead atoms. The van der Waals surface area contributed by atoms with Crippen molar-refractivity contribution in [1.29, 1.82) is 0 Å². The molecule has 0 heterocycles. The Bertz CT molecular complexity index is 348. The Morgan fingerprint density at radius 3 is 2.31 bits per heavy atom. The van der Waals surface area contributed by atoms with E-state index in [0.29, 0.717) is 12.0 Å². The maximum Gasteiger partial charge on any atom is 0.0514 e. The Morgan fingerprint density at radius 1 is 1.25 bits per heavy atom. The molecular formula is C13H21BrN2. The standard InChI is InChI=1S/C13H21BrN2/c1-9(2)8-16(10(3)4)13-6-5-11(15)7-12(13)14/h5-7,9-10H,8,15H2,1-4H3. The molecule has 0 amide bonds. The first kappa shape index (κ1) is 13.4. The van der Waals surface area contributed by atoms with Gasteiger partial charge in [0.05, 0.1) is 5.69 Å². The second kappa shape index (κ2) is 5.58. The molecule has 90 valence electrons. The van der Waals surface area contributed by atoms with Gasteiger partial charge in [0.1, 0.15) is 0 Å². The minimum atomic E-state index is 0.488. The molecule has 0 aromatic heterocycles. The van der Waals surface area contributed by atoms with Gasteiger partial charge in [0.2, 0.25) is 0 Å². The lowest BCUT2D eigenvalue weighted by Gasteiger charge is -2.31. The first-order chi connectivity index (χ1) is 7.41. The molecule has 0 aliphatic rings. The van der Waals surface area contributed by atoms with E-state index >= 15 is 0 Å². The van der Waals surface area contributed by atoms with Crippen molar-refractivity contribution in [2.45, 2.75) is 33.7 Å². The third-order valence-corrected chi connectivity index (χ3v) is 3.10. The van der Waals surface area contributed by atoms with Crippen LogP contribution in [0.2, 0.25) is 0 Å². The summed E-state index contributed by atoms with van der Waals surface area (Å²) < 4.78 is 1.07. The molecule has 1 aromatic rings. The molecule has 0 spiro atoms. The van der Waals surface area contributed by atoms with E-state index < -0.39 is 0 Å². The number of hydrogen-bond donors (Lipinski definition) is 1. The van der Waals surface area contributed by atoms with Crippen molar-refractivity contribution in [2.24, 2.45) is 5.92 Å². The van der Waals surface area contributed by atoms with E-state index in [1.54, 1.807) is 0 Å². The molecule has 0 aliphatic carbocycles. The van der Waals surface area contributed by atoms with E-state index in [4.69, 9.17) is 5.73 Å². The second-order valence-electron chi connectivity index (χ2n) is 4.85. The summed E-state index contributed by atoms with van der Waals surface area (Å²) in [7, 11) is 0. The Morgan fingerprint density at radius 2 is 1.88 bits per heavy atom. The summed E-state index contributed by atoms with van der Waals surface area (Å²) in [6.45, 7) is 9.96. The van der Waals surface area contributed by atoms with Gasteiger partial charge in [-0.05, 0) is 53.9 Å². The second-order valence-corrected chi connectivity index (χ2v) is 5.71. The summed E-state index contributed by atoms with van der Waals surface area (Å²) in [6, 6.07) is 6.49. The van der Waals surface area contributed by atoms with Crippen LogP contribution in [0.25, 0.3) is 0 Å². The molecule has 0 saturated heterocycles. The van der Waals surface area contributed by atoms with Gasteiger partial charge in [0.25, 0.3) is 0 Å². The van der Waals surface area contributed by atoms with E-state index in [-0.39, 0.29) is 0 Å². The highest BCUT2D eigenvalue weighted by Gasteiger charge is 2.14. The third-order valence-electron chi connectivity index (χ3n) is 2.47. The van der Waals surface area contributed by atoms with Gasteiger partial charge in [-0.3, -0.25) is 0 Å². The van der Waals surface area contributed by atoms with Crippen LogP contribution >= 0.6 is 15.9 Å². The van der Waals surface area contributed by atoms with Gasteiger partial charge in [0, 0.05) is 22.7 Å². The zero-order valence-electron chi connectivity index (χ0n) is 10.5. The van der Waals surface area contributed by atoms with Crippen molar-refractivity contribution < 1.29 is 0 Å². The van der Waals surface area contributed by atoms with Crippen LogP contribution < -0.4 is 10.6 Å². The molecule has 0 atom stereocenters. The molecule has 0 saturated carbocycles. The van der Waals surface area contributed by atoms with Crippen LogP contribution in [0, 0.1) is 5.92 Å². The van der Waals surface area contributed by atoms with Gasteiger partial charge in [-0.1, -0.05) is 13.8 Å². The van der Waals surface area contributed by atoms with Crippen LogP contribution in [0.4, 0.5) is 11.4 Å². The Kier molecular flexibility index (Phi) is 4.66. The molecular weight excluding hydrogens is 264 g/mol. The maximum absolute atomic E-state index is 5.76. The van der Waals surface area contributed by atoms with E-state index in [2.05, 4.69) is 54.6 Å². The smallest absolute Gasteiger partial charge is 0.0514 e. The van der Waals surface area contributed by atoms with E-state index in [0.717, 1.165) is 16.7 Å². The predicted molar refractivity (Wildman–Crippen MR) is 75.9 cm³/mol. The predicted octanol–water partition coefficient (Wildman–Crippen LogP) is 3.90. The van der Waals surface area contributed by atoms with Crippen molar-refractivity contribution in [3.8, 4) is 0 Å². The fourth-order valence-corrected chi connectivity index (χ4v) is 2.36. The van der Waals surface area contributed by atoms with Crippen molar-refractivity contribution in [3.63, 3.8) is 0 Å². The van der Waals surface area contributed by atoms with Crippen LogP contribution in [-0.4, -0.2) is 12.6 Å². The summed E-state index contributed by atoms with van der Waals surface area (Å²) in [5.41, 5.74) is 7.77. The highest BCUT2D eigenvalue weighted by Crippen LogP contribution is 2.30. The minimum absolute atomic E-state index is 0.488. The van der Waals surface area contributed by atoms with Gasteiger partial charge >= 0.3 is 0 Å². The molecule has 0 fully saturated rings. The van der Waals surface area contributed by atoms with Crippen LogP contribution in [0.5, 0.6) is 0 Å². The quantitative estimate of drug-likeness (QED) is 0.850. The number of anilines is 2. The fourth-order valence-electron chi connectivity index (χ4n) is 1.74. The highest BCUT2D eigenvalue weighted by atomic mass is 79.9. The highest BCUT2D eigenvalue weighted by molar-refractivity contribution is 9.10. The minimum Gasteiger partial charge on any atom is -0.399 e. The molecule has 16 heavy (non-hydrogen) atoms. The lowest BCUT2D eigenvalue weighted by Crippen LogP contribution is -2.34. The van der Waals surface area contributed by atoms with Crippen LogP contribution in [0.1, 0.15) is 27.7 Å². The first-order valence-corrected chi connectivity index (χ1v) is 6.52. The average Bonchev–Trinajstić information content (AvgIpc) is 2.14. The largest absolute Gasteiger partial charge is 0.399 e. The van der Waals surface area contributed by atoms with Crippen molar-refractivity contribution in [3.05, 3.63) is 22.7 Å². The number of nitrogens with zero attached hydrogens (tertiary/aromatic N) is 1. The lowest BCUT2D eigenvalue weighted by molar-refractivity contribution is 0.570. The topological polar surface area (TPSA) is 29.3 Å². The van der Waals surface area contributed by atoms with Crippen molar-refractivity contribution in [2.75, 3.05) is 17.2 Å². The molecule has 2 N–H and O–H groups in total. The summed E-state index contributed by atoms with van der Waals surface area (Å²) in [5.74, 6) is 0.645. The lowest BCUT2D eigenvalue weighted by atomic mass is 10.1. The summed E-state index contributed by atoms with van der Waals surface area (Å²) in [6.07, 6.45) is 0. The number of hydrogen-bond acceptors (Lipinski definition) is 2. The summed E-state index contributed by atoms with van der Waals surface area (Å²) in [4.78, 5) is 2.40. The molecule has 0 aliphatic heterocycles. The van der Waals surface area contributed by atoms with E-state index in [9.17, 15) is 0 Å². The molecule has 1 aromatic carbocycles. The van der Waals surface area contributed by atoms with Gasteiger partial charge in [-0.15, -0.1) is 0 Å². The number of halogens is 1. The molecule has 0 radical (unpaired) electrons. The average molecular weight is 285 g/mol. The summed E-state index contributed by atoms with van der Waals surface area (Å²) in [5, 5.41) is 0. The SMILES string of the molecule is CC(C)CN(c1ccc(N)cc1Br)C(C)C. The third kappa shape index (κ3) is 3.41. The Hall–Kier alpha value is -0.700. The van der Waals surface area contributed by atoms with Gasteiger partial charge in [0.15, 0.2) is 0 Å². The molecule has 1 rings (SSSR count). The first-order valence-electron chi connectivity index (χ1n) is 5.73. The Balaban J connectivity index is 3.01. The van der Waals surface area contributed by atoms with Crippen LogP contribution in [0.15, 0.2) is 22.7 Å². The zero-order valence-corrected chi connectivity index (χ0v) is 12.1. The van der Waals surface area contributed by atoms with Crippen molar-refractivity contribution >= 4 is 27.3 Å². The van der Waals surface area contributed by atoms with Crippen LogP contribution in [-0.2, 0) is 0 Å².